The van der Waals surface area contributed by atoms with E-state index < -0.39 is 12.2 Å². The van der Waals surface area contributed by atoms with Crippen LogP contribution in [0.5, 0.6) is 0 Å². The molecule has 2 unspecified atom stereocenters. The predicted molar refractivity (Wildman–Crippen MR) is 153 cm³/mol. The summed E-state index contributed by atoms with van der Waals surface area (Å²) >= 11 is 7.10. The van der Waals surface area contributed by atoms with Crippen molar-refractivity contribution in [3.63, 3.8) is 0 Å². The average Bonchev–Trinajstić information content (AvgIpc) is 3.62. The van der Waals surface area contributed by atoms with Crippen molar-refractivity contribution in [3.05, 3.63) is 39.5 Å². The van der Waals surface area contributed by atoms with Crippen LogP contribution < -0.4 is 26.2 Å². The van der Waals surface area contributed by atoms with Crippen LogP contribution >= 0.6 is 22.9 Å². The third-order valence-electron chi connectivity index (χ3n) is 6.80. The van der Waals surface area contributed by atoms with Gasteiger partial charge >= 0.3 is 6.09 Å². The summed E-state index contributed by atoms with van der Waals surface area (Å²) in [5, 5.41) is 5.88. The monoisotopic (exact) mass is 561 g/mol. The minimum absolute atomic E-state index is 0.0401. The molecule has 3 heterocycles. The highest BCUT2D eigenvalue weighted by molar-refractivity contribution is 7.18. The number of cyclic esters (lactones) is 1. The number of nitrogens with one attached hydrogen (secondary N) is 2. The van der Waals surface area contributed by atoms with Gasteiger partial charge in [-0.25, -0.2) is 4.79 Å². The Labute approximate surface area is 232 Å². The molecule has 2 aromatic rings. The second-order valence-electron chi connectivity index (χ2n) is 9.84. The minimum atomic E-state index is -0.501. The normalized spacial score (nSPS) is 19.1. The van der Waals surface area contributed by atoms with Gasteiger partial charge in [0.2, 0.25) is 5.91 Å². The summed E-state index contributed by atoms with van der Waals surface area (Å²) in [4.78, 5) is 42.0. The summed E-state index contributed by atoms with van der Waals surface area (Å²) in [6.45, 7) is 4.15. The summed E-state index contributed by atoms with van der Waals surface area (Å²) in [6, 6.07) is 9.02. The van der Waals surface area contributed by atoms with Gasteiger partial charge in [-0.1, -0.05) is 44.2 Å². The summed E-state index contributed by atoms with van der Waals surface area (Å²) in [5.41, 5.74) is 8.32. The largest absolute Gasteiger partial charge is 0.442 e. The van der Waals surface area contributed by atoms with Crippen molar-refractivity contribution in [2.75, 3.05) is 41.3 Å². The molecule has 11 heteroatoms. The minimum Gasteiger partial charge on any atom is -0.442 e. The molecule has 4 N–H and O–H groups in total. The molecule has 0 bridgehead atoms. The van der Waals surface area contributed by atoms with Crippen molar-refractivity contribution in [2.24, 2.45) is 5.73 Å². The zero-order chi connectivity index (χ0) is 27.1. The van der Waals surface area contributed by atoms with Crippen molar-refractivity contribution in [1.29, 1.82) is 0 Å². The highest BCUT2D eigenvalue weighted by Gasteiger charge is 2.33. The standard InChI is InChI=1S/C27H36ClN5O4S/c1-2-3-4-5-6-7-25(34)31-21-14-19(8-9-22(21)32-13-12-18(29)16-32)33-17-20(37-27(33)36)15-30-26(35)23-10-11-24(28)38-23/h8-11,14,18,20H,2-7,12-13,15-17,29H2,1H3,(H,30,35)(H,31,34). The maximum atomic E-state index is 12.8. The van der Waals surface area contributed by atoms with Gasteiger partial charge in [-0.3, -0.25) is 14.5 Å². The Balaban J connectivity index is 1.41. The fraction of sp³-hybridized carbons (Fsp3) is 0.519. The second-order valence-corrected chi connectivity index (χ2v) is 11.6. The first-order valence-electron chi connectivity index (χ1n) is 13.3. The van der Waals surface area contributed by atoms with Crippen LogP contribution in [0, 0.1) is 0 Å². The topological polar surface area (TPSA) is 117 Å². The maximum Gasteiger partial charge on any atom is 0.414 e. The molecule has 0 spiro atoms. The third-order valence-corrected chi connectivity index (χ3v) is 8.03. The smallest absolute Gasteiger partial charge is 0.414 e. The zero-order valence-electron chi connectivity index (χ0n) is 21.7. The van der Waals surface area contributed by atoms with Crippen LogP contribution in [0.4, 0.5) is 21.9 Å². The van der Waals surface area contributed by atoms with E-state index in [-0.39, 0.29) is 30.9 Å². The Morgan fingerprint density at radius 2 is 1.97 bits per heavy atom. The summed E-state index contributed by atoms with van der Waals surface area (Å²) in [7, 11) is 0. The number of hydrogen-bond donors (Lipinski definition) is 3. The Morgan fingerprint density at radius 3 is 2.68 bits per heavy atom. The van der Waals surface area contributed by atoms with E-state index in [1.54, 1.807) is 12.1 Å². The van der Waals surface area contributed by atoms with Gasteiger partial charge in [-0.2, -0.15) is 0 Å². The lowest BCUT2D eigenvalue weighted by molar-refractivity contribution is -0.116. The zero-order valence-corrected chi connectivity index (χ0v) is 23.3. The van der Waals surface area contributed by atoms with Gasteiger partial charge in [-0.05, 0) is 43.2 Å². The number of carbonyl (C=O) groups excluding carboxylic acids is 3. The van der Waals surface area contributed by atoms with E-state index in [0.717, 1.165) is 44.3 Å². The van der Waals surface area contributed by atoms with E-state index in [2.05, 4.69) is 22.5 Å². The quantitative estimate of drug-likeness (QED) is 0.314. The lowest BCUT2D eigenvalue weighted by atomic mass is 10.1. The molecular weight excluding hydrogens is 526 g/mol. The number of nitrogens with two attached hydrogens (primary N) is 1. The van der Waals surface area contributed by atoms with Crippen molar-refractivity contribution in [1.82, 2.24) is 5.32 Å². The van der Waals surface area contributed by atoms with E-state index in [0.29, 0.717) is 33.6 Å². The summed E-state index contributed by atoms with van der Waals surface area (Å²) in [5.74, 6) is -0.300. The van der Waals surface area contributed by atoms with Gasteiger partial charge < -0.3 is 26.0 Å². The number of amides is 3. The molecule has 1 aromatic carbocycles. The van der Waals surface area contributed by atoms with Gasteiger partial charge in [-0.15, -0.1) is 11.3 Å². The molecule has 1 aromatic heterocycles. The van der Waals surface area contributed by atoms with Gasteiger partial charge in [0.1, 0.15) is 6.10 Å². The first-order chi connectivity index (χ1) is 18.3. The number of anilines is 3. The number of benzene rings is 1. The number of ether oxygens (including phenoxy) is 1. The number of halogens is 1. The van der Waals surface area contributed by atoms with Gasteiger partial charge in [0, 0.05) is 31.2 Å². The molecule has 2 aliphatic rings. The summed E-state index contributed by atoms with van der Waals surface area (Å²) < 4.78 is 6.04. The SMILES string of the molecule is CCCCCCCC(=O)Nc1cc(N2CC(CNC(=O)c3ccc(Cl)s3)OC2=O)ccc1N1CCC(N)C1. The molecule has 0 saturated carbocycles. The Kier molecular flexibility index (Phi) is 9.87. The number of unbranched alkanes of at least 4 members (excludes halogenated alkanes) is 4. The van der Waals surface area contributed by atoms with E-state index >= 15 is 0 Å². The Morgan fingerprint density at radius 1 is 1.16 bits per heavy atom. The van der Waals surface area contributed by atoms with Gasteiger partial charge in [0.25, 0.3) is 5.91 Å². The fourth-order valence-electron chi connectivity index (χ4n) is 4.74. The van der Waals surface area contributed by atoms with E-state index in [9.17, 15) is 14.4 Å². The number of thiophene rings is 1. The van der Waals surface area contributed by atoms with Gasteiger partial charge in [0.15, 0.2) is 0 Å². The molecule has 3 amide bonds. The summed E-state index contributed by atoms with van der Waals surface area (Å²) in [6.07, 6.45) is 5.71. The van der Waals surface area contributed by atoms with Crippen LogP contribution in [-0.4, -0.2) is 56.2 Å². The van der Waals surface area contributed by atoms with Crippen LogP contribution in [0.15, 0.2) is 30.3 Å². The molecule has 2 atom stereocenters. The van der Waals surface area contributed by atoms with Crippen LogP contribution in [0.25, 0.3) is 0 Å². The van der Waals surface area contributed by atoms with E-state index in [1.165, 1.54) is 22.7 Å². The molecule has 0 aliphatic carbocycles. The predicted octanol–water partition coefficient (Wildman–Crippen LogP) is 4.99. The molecule has 38 heavy (non-hydrogen) atoms. The first-order valence-corrected chi connectivity index (χ1v) is 14.5. The fourth-order valence-corrected chi connectivity index (χ4v) is 5.70. The average molecular weight is 562 g/mol. The van der Waals surface area contributed by atoms with E-state index in [4.69, 9.17) is 22.1 Å². The number of rotatable bonds is 12. The maximum absolute atomic E-state index is 12.8. The lowest BCUT2D eigenvalue weighted by Crippen LogP contribution is -2.34. The highest BCUT2D eigenvalue weighted by Crippen LogP contribution is 2.34. The number of nitrogens with zero attached hydrogens (tertiary/aromatic N) is 2. The molecule has 206 valence electrons. The Hall–Kier alpha value is -2.82. The van der Waals surface area contributed by atoms with Crippen LogP contribution in [0.3, 0.4) is 0 Å². The molecule has 0 radical (unpaired) electrons. The van der Waals surface area contributed by atoms with Crippen molar-refractivity contribution in [2.45, 2.75) is 64.0 Å². The lowest BCUT2D eigenvalue weighted by Gasteiger charge is -2.24. The van der Waals surface area contributed by atoms with Crippen LogP contribution in [-0.2, 0) is 9.53 Å². The molecule has 2 fully saturated rings. The van der Waals surface area contributed by atoms with Gasteiger partial charge in [0.05, 0.1) is 33.7 Å². The van der Waals surface area contributed by atoms with Crippen LogP contribution in [0.2, 0.25) is 4.34 Å². The molecular formula is C27H36ClN5O4S. The Bertz CT molecular complexity index is 1140. The van der Waals surface area contributed by atoms with Crippen molar-refractivity contribution < 1.29 is 19.1 Å². The van der Waals surface area contributed by atoms with E-state index in [1.807, 2.05) is 18.2 Å². The van der Waals surface area contributed by atoms with Crippen LogP contribution in [0.1, 0.15) is 61.5 Å². The highest BCUT2D eigenvalue weighted by atomic mass is 35.5. The van der Waals surface area contributed by atoms with Crippen molar-refractivity contribution in [3.8, 4) is 0 Å². The first kappa shape index (κ1) is 28.2. The second kappa shape index (κ2) is 13.3. The third kappa shape index (κ3) is 7.39. The van der Waals surface area contributed by atoms with Crippen molar-refractivity contribution >= 4 is 57.9 Å². The molecule has 2 saturated heterocycles. The molecule has 9 nitrogen and oxygen atoms in total. The molecule has 4 rings (SSSR count). The molecule has 2 aliphatic heterocycles. The number of carbonyl (C=O) groups is 3. The number of hydrogen-bond acceptors (Lipinski definition) is 7.